The second-order valence-electron chi connectivity index (χ2n) is 4.78. The fourth-order valence-corrected chi connectivity index (χ4v) is 5.97. The van der Waals surface area contributed by atoms with E-state index in [2.05, 4.69) is 0 Å². The van der Waals surface area contributed by atoms with Gasteiger partial charge in [-0.25, -0.2) is 8.42 Å². The molecule has 0 aromatic carbocycles. The van der Waals surface area contributed by atoms with E-state index < -0.39 is 22.0 Å². The van der Waals surface area contributed by atoms with Gasteiger partial charge in [-0.1, -0.05) is 13.3 Å². The Morgan fingerprint density at radius 2 is 2.25 bits per heavy atom. The minimum atomic E-state index is -3.77. The van der Waals surface area contributed by atoms with Crippen LogP contribution in [0.1, 0.15) is 19.8 Å². The van der Waals surface area contributed by atoms with Crippen LogP contribution < -0.4 is 0 Å². The van der Waals surface area contributed by atoms with Crippen LogP contribution in [0, 0.1) is 0 Å². The van der Waals surface area contributed by atoms with E-state index in [1.54, 1.807) is 17.8 Å². The molecule has 0 saturated carbocycles. The van der Waals surface area contributed by atoms with Gasteiger partial charge in [-0.3, -0.25) is 4.79 Å². The van der Waals surface area contributed by atoms with Gasteiger partial charge in [0.25, 0.3) is 0 Å². The molecule has 2 atom stereocenters. The fourth-order valence-electron chi connectivity index (χ4n) is 2.26. The van der Waals surface area contributed by atoms with Gasteiger partial charge < -0.3 is 9.67 Å². The summed E-state index contributed by atoms with van der Waals surface area (Å²) < 4.78 is 28.2. The van der Waals surface area contributed by atoms with Crippen molar-refractivity contribution in [1.29, 1.82) is 0 Å². The van der Waals surface area contributed by atoms with Gasteiger partial charge in [-0.15, -0.1) is 11.8 Å². The molecule has 8 heteroatoms. The second kappa shape index (κ2) is 5.79. The van der Waals surface area contributed by atoms with Crippen molar-refractivity contribution >= 4 is 27.8 Å². The van der Waals surface area contributed by atoms with Crippen LogP contribution in [0.3, 0.4) is 0 Å². The predicted molar refractivity (Wildman–Crippen MR) is 77.0 cm³/mol. The third kappa shape index (κ3) is 2.72. The topological polar surface area (TPSA) is 79.6 Å². The molecular formula is C12H18N2O4S2. The van der Waals surface area contributed by atoms with Crippen molar-refractivity contribution in [3.63, 3.8) is 0 Å². The molecule has 1 aliphatic rings. The molecule has 0 radical (unpaired) electrons. The first-order chi connectivity index (χ1) is 9.37. The number of sulfonamides is 1. The molecule has 1 saturated heterocycles. The van der Waals surface area contributed by atoms with Gasteiger partial charge in [0.2, 0.25) is 10.0 Å². The van der Waals surface area contributed by atoms with Crippen LogP contribution in [0.4, 0.5) is 0 Å². The smallest absolute Gasteiger partial charge is 0.322 e. The molecule has 0 aliphatic carbocycles. The summed E-state index contributed by atoms with van der Waals surface area (Å²) in [4.78, 5) is 11.5. The van der Waals surface area contributed by atoms with E-state index in [-0.39, 0.29) is 10.3 Å². The highest BCUT2D eigenvalue weighted by atomic mass is 32.2. The van der Waals surface area contributed by atoms with Gasteiger partial charge in [-0.05, 0) is 12.5 Å². The van der Waals surface area contributed by atoms with Crippen LogP contribution in [-0.4, -0.2) is 45.5 Å². The standard InChI is InChI=1S/C12H18N2O4S2/c1-3-4-11-14(10(8-19-11)12(15)16)20(17,18)9-5-6-13(2)7-9/h5-7,10-11H,3-4,8H2,1-2H3,(H,15,16). The first-order valence-corrected chi connectivity index (χ1v) is 8.86. The fraction of sp³-hybridized carbons (Fsp3) is 0.583. The van der Waals surface area contributed by atoms with Crippen LogP contribution in [0.5, 0.6) is 0 Å². The van der Waals surface area contributed by atoms with Crippen LogP contribution in [-0.2, 0) is 21.9 Å². The summed E-state index contributed by atoms with van der Waals surface area (Å²) in [6.07, 6.45) is 4.60. The molecule has 0 spiro atoms. The number of hydrogen-bond donors (Lipinski definition) is 1. The highest BCUT2D eigenvalue weighted by Gasteiger charge is 2.46. The molecule has 2 heterocycles. The zero-order chi connectivity index (χ0) is 14.9. The summed E-state index contributed by atoms with van der Waals surface area (Å²) in [5.41, 5.74) is 0. The number of thioether (sulfide) groups is 1. The van der Waals surface area contributed by atoms with Gasteiger partial charge in [0, 0.05) is 25.2 Å². The van der Waals surface area contributed by atoms with Crippen LogP contribution in [0.15, 0.2) is 23.4 Å². The van der Waals surface area contributed by atoms with Crippen molar-refractivity contribution in [3.8, 4) is 0 Å². The molecule has 1 aliphatic heterocycles. The lowest BCUT2D eigenvalue weighted by Crippen LogP contribution is -2.45. The summed E-state index contributed by atoms with van der Waals surface area (Å²) in [6.45, 7) is 1.96. The van der Waals surface area contributed by atoms with Gasteiger partial charge in [-0.2, -0.15) is 4.31 Å². The Kier molecular flexibility index (Phi) is 4.46. The Balaban J connectivity index is 2.41. The van der Waals surface area contributed by atoms with Crippen molar-refractivity contribution in [3.05, 3.63) is 18.5 Å². The first kappa shape index (κ1) is 15.4. The van der Waals surface area contributed by atoms with E-state index in [0.29, 0.717) is 12.2 Å². The number of carbonyl (C=O) groups is 1. The molecule has 112 valence electrons. The Labute approximate surface area is 122 Å². The number of carboxylic acid groups (broad SMARTS) is 1. The Bertz CT molecular complexity index is 596. The van der Waals surface area contributed by atoms with Crippen LogP contribution in [0.2, 0.25) is 0 Å². The minimum Gasteiger partial charge on any atom is -0.480 e. The highest BCUT2D eigenvalue weighted by Crippen LogP contribution is 2.36. The van der Waals surface area contributed by atoms with Crippen molar-refractivity contribution in [2.75, 3.05) is 5.75 Å². The molecule has 1 fully saturated rings. The Morgan fingerprint density at radius 1 is 1.55 bits per heavy atom. The van der Waals surface area contributed by atoms with E-state index >= 15 is 0 Å². The summed E-state index contributed by atoms with van der Waals surface area (Å²) in [6, 6.07) is 0.516. The van der Waals surface area contributed by atoms with Gasteiger partial charge in [0.15, 0.2) is 0 Å². The average Bonchev–Trinajstić information content (AvgIpc) is 2.96. The number of carboxylic acids is 1. The van der Waals surface area contributed by atoms with Crippen molar-refractivity contribution < 1.29 is 18.3 Å². The van der Waals surface area contributed by atoms with E-state index in [1.807, 2.05) is 6.92 Å². The zero-order valence-electron chi connectivity index (χ0n) is 11.4. The largest absolute Gasteiger partial charge is 0.480 e. The normalized spacial score (nSPS) is 24.1. The molecule has 20 heavy (non-hydrogen) atoms. The summed E-state index contributed by atoms with van der Waals surface area (Å²) >= 11 is 1.40. The lowest BCUT2D eigenvalue weighted by atomic mass is 10.3. The molecule has 1 aromatic rings. The monoisotopic (exact) mass is 318 g/mol. The number of hydrogen-bond acceptors (Lipinski definition) is 4. The lowest BCUT2D eigenvalue weighted by molar-refractivity contribution is -0.140. The Hall–Kier alpha value is -0.990. The maximum atomic E-state index is 12.7. The first-order valence-electron chi connectivity index (χ1n) is 6.38. The molecule has 2 unspecified atom stereocenters. The minimum absolute atomic E-state index is 0.148. The quantitative estimate of drug-likeness (QED) is 0.886. The molecule has 0 bridgehead atoms. The Morgan fingerprint density at radius 3 is 2.75 bits per heavy atom. The van der Waals surface area contributed by atoms with Crippen molar-refractivity contribution in [2.45, 2.75) is 36.1 Å². The van der Waals surface area contributed by atoms with E-state index in [4.69, 9.17) is 0 Å². The predicted octanol–water partition coefficient (Wildman–Crippen LogP) is 1.34. The number of aromatic nitrogens is 1. The summed E-state index contributed by atoms with van der Waals surface area (Å²) in [5, 5.41) is 8.96. The van der Waals surface area contributed by atoms with E-state index in [0.717, 1.165) is 6.42 Å². The molecule has 2 rings (SSSR count). The van der Waals surface area contributed by atoms with Crippen LogP contribution in [0.25, 0.3) is 0 Å². The third-order valence-corrected chi connectivity index (χ3v) is 6.63. The molecular weight excluding hydrogens is 300 g/mol. The number of nitrogens with zero attached hydrogens (tertiary/aromatic N) is 2. The lowest BCUT2D eigenvalue weighted by Gasteiger charge is -2.25. The second-order valence-corrected chi connectivity index (χ2v) is 7.83. The molecule has 0 amide bonds. The average molecular weight is 318 g/mol. The van der Waals surface area contributed by atoms with Gasteiger partial charge >= 0.3 is 5.97 Å². The number of aryl methyl sites for hydroxylation is 1. The SMILES string of the molecule is CCCC1SCC(C(=O)O)N1S(=O)(=O)c1ccn(C)c1. The van der Waals surface area contributed by atoms with Crippen LogP contribution >= 0.6 is 11.8 Å². The van der Waals surface area contributed by atoms with Crippen molar-refractivity contribution in [2.24, 2.45) is 7.05 Å². The number of aliphatic carboxylic acids is 1. The van der Waals surface area contributed by atoms with Gasteiger partial charge in [0.1, 0.15) is 6.04 Å². The van der Waals surface area contributed by atoms with E-state index in [9.17, 15) is 18.3 Å². The summed E-state index contributed by atoms with van der Waals surface area (Å²) in [5.74, 6) is -0.790. The van der Waals surface area contributed by atoms with E-state index in [1.165, 1.54) is 28.3 Å². The maximum Gasteiger partial charge on any atom is 0.322 e. The van der Waals surface area contributed by atoms with Crippen molar-refractivity contribution in [1.82, 2.24) is 8.87 Å². The molecule has 1 aromatic heterocycles. The summed E-state index contributed by atoms with van der Waals surface area (Å²) in [7, 11) is -2.04. The zero-order valence-corrected chi connectivity index (χ0v) is 13.0. The van der Waals surface area contributed by atoms with Gasteiger partial charge in [0.05, 0.1) is 10.3 Å². The number of rotatable bonds is 5. The molecule has 6 nitrogen and oxygen atoms in total. The maximum absolute atomic E-state index is 12.7. The molecule has 1 N–H and O–H groups in total. The highest BCUT2D eigenvalue weighted by molar-refractivity contribution is 8.01. The third-order valence-electron chi connectivity index (χ3n) is 3.24.